The van der Waals surface area contributed by atoms with E-state index in [1.54, 1.807) is 18.2 Å². The van der Waals surface area contributed by atoms with Crippen molar-refractivity contribution in [2.24, 2.45) is 0 Å². The van der Waals surface area contributed by atoms with Gasteiger partial charge >= 0.3 is 5.69 Å². The highest BCUT2D eigenvalue weighted by Crippen LogP contribution is 2.50. The average Bonchev–Trinajstić information content (AvgIpc) is 3.33. The van der Waals surface area contributed by atoms with Crippen LogP contribution >= 0.6 is 0 Å². The van der Waals surface area contributed by atoms with Crippen molar-refractivity contribution in [2.45, 2.75) is 18.9 Å². The third-order valence-electron chi connectivity index (χ3n) is 6.62. The monoisotopic (exact) mass is 495 g/mol. The van der Waals surface area contributed by atoms with Crippen molar-refractivity contribution < 1.29 is 28.8 Å². The molecule has 0 aliphatic carbocycles. The zero-order valence-corrected chi connectivity index (χ0v) is 20.0. The van der Waals surface area contributed by atoms with Gasteiger partial charge in [-0.3, -0.25) is 19.5 Å². The van der Waals surface area contributed by atoms with Gasteiger partial charge in [0.2, 0.25) is 18.4 Å². The Labute approximate surface area is 205 Å². The topological polar surface area (TPSA) is 132 Å². The molecule has 5 rings (SSSR count). The Hall–Kier alpha value is -4.25. The first kappa shape index (κ1) is 23.5. The second-order valence-electron chi connectivity index (χ2n) is 8.56. The quantitative estimate of drug-likeness (QED) is 0.491. The zero-order valence-electron chi connectivity index (χ0n) is 20.0. The lowest BCUT2D eigenvalue weighted by Crippen LogP contribution is -2.36. The molecule has 0 amide bonds. The highest BCUT2D eigenvalue weighted by Gasteiger charge is 2.36. The van der Waals surface area contributed by atoms with E-state index in [2.05, 4.69) is 4.98 Å². The van der Waals surface area contributed by atoms with Gasteiger partial charge in [-0.2, -0.15) is 0 Å². The molecule has 36 heavy (non-hydrogen) atoms. The number of aromatic hydroxyl groups is 1. The smallest absolute Gasteiger partial charge is 0.335 e. The van der Waals surface area contributed by atoms with Crippen LogP contribution in [0.1, 0.15) is 33.9 Å². The average molecular weight is 495 g/mol. The number of likely N-dealkylation sites (N-methyl/N-ethyl adjacent to an activating group) is 1. The van der Waals surface area contributed by atoms with Crippen LogP contribution in [0.2, 0.25) is 0 Å². The lowest BCUT2D eigenvalue weighted by Gasteiger charge is -2.35. The number of carbonyl (C=O) groups is 1. The van der Waals surface area contributed by atoms with E-state index < -0.39 is 34.5 Å². The van der Waals surface area contributed by atoms with E-state index in [0.29, 0.717) is 30.2 Å². The van der Waals surface area contributed by atoms with Crippen molar-refractivity contribution in [3.05, 3.63) is 67.9 Å². The predicted octanol–water partition coefficient (Wildman–Crippen LogP) is 1.78. The van der Waals surface area contributed by atoms with Crippen LogP contribution in [-0.2, 0) is 6.42 Å². The van der Waals surface area contributed by atoms with Crippen LogP contribution < -0.4 is 30.2 Å². The molecular formula is C25H25N3O8. The summed E-state index contributed by atoms with van der Waals surface area (Å²) in [5, 5.41) is 11.0. The van der Waals surface area contributed by atoms with E-state index in [9.17, 15) is 19.5 Å². The van der Waals surface area contributed by atoms with E-state index >= 15 is 0 Å². The fourth-order valence-electron chi connectivity index (χ4n) is 4.88. The van der Waals surface area contributed by atoms with Crippen molar-refractivity contribution >= 4 is 5.78 Å². The predicted molar refractivity (Wildman–Crippen MR) is 128 cm³/mol. The van der Waals surface area contributed by atoms with Gasteiger partial charge in [-0.25, -0.2) is 9.36 Å². The number of aromatic amines is 1. The summed E-state index contributed by atoms with van der Waals surface area (Å²) in [5.41, 5.74) is -0.483. The van der Waals surface area contributed by atoms with Gasteiger partial charge in [0, 0.05) is 24.6 Å². The van der Waals surface area contributed by atoms with E-state index in [1.165, 1.54) is 20.3 Å². The van der Waals surface area contributed by atoms with Crippen molar-refractivity contribution in [3.63, 3.8) is 0 Å². The molecule has 1 atom stereocenters. The number of benzene rings is 2. The summed E-state index contributed by atoms with van der Waals surface area (Å²) in [6.45, 7) is 0.721. The molecule has 0 saturated carbocycles. The van der Waals surface area contributed by atoms with Crippen LogP contribution in [0.15, 0.2) is 39.9 Å². The summed E-state index contributed by atoms with van der Waals surface area (Å²) in [4.78, 5) is 43.0. The van der Waals surface area contributed by atoms with Crippen LogP contribution in [0.5, 0.6) is 28.9 Å². The molecule has 0 saturated heterocycles. The number of Topliss-reactive ketones (excluding diaryl/α,β-unsaturated/α-hetero) is 1. The number of para-hydroxylation sites is 2. The molecule has 11 heteroatoms. The number of ketones is 1. The molecule has 2 N–H and O–H groups in total. The van der Waals surface area contributed by atoms with Crippen LogP contribution in [-0.4, -0.2) is 59.9 Å². The summed E-state index contributed by atoms with van der Waals surface area (Å²) in [6, 6.07) is 7.87. The normalized spacial score (nSPS) is 16.5. The Balaban J connectivity index is 1.59. The van der Waals surface area contributed by atoms with Gasteiger partial charge in [0.1, 0.15) is 11.3 Å². The summed E-state index contributed by atoms with van der Waals surface area (Å²) in [7, 11) is 4.80. The number of fused-ring (bicyclic) bond motifs is 2. The molecule has 3 aromatic rings. The first-order valence-electron chi connectivity index (χ1n) is 11.3. The molecule has 0 radical (unpaired) electrons. The minimum Gasteiger partial charge on any atom is -0.495 e. The van der Waals surface area contributed by atoms with Gasteiger partial charge in [0.25, 0.3) is 5.56 Å². The van der Waals surface area contributed by atoms with Crippen molar-refractivity contribution in [3.8, 4) is 34.6 Å². The molecule has 0 unspecified atom stereocenters. The summed E-state index contributed by atoms with van der Waals surface area (Å²) < 4.78 is 22.9. The van der Waals surface area contributed by atoms with Crippen molar-refractivity contribution in [1.82, 2.24) is 14.5 Å². The maximum atomic E-state index is 13.5. The Morgan fingerprint density at radius 3 is 2.72 bits per heavy atom. The van der Waals surface area contributed by atoms with Gasteiger partial charge in [0.15, 0.2) is 17.3 Å². The maximum absolute atomic E-state index is 13.5. The number of nitrogens with one attached hydrogen (secondary N) is 1. The molecule has 1 aromatic heterocycles. The maximum Gasteiger partial charge on any atom is 0.335 e. The van der Waals surface area contributed by atoms with Crippen LogP contribution in [0, 0.1) is 0 Å². The second kappa shape index (κ2) is 9.08. The minimum absolute atomic E-state index is 0.0712. The molecule has 11 nitrogen and oxygen atoms in total. The van der Waals surface area contributed by atoms with Gasteiger partial charge in [-0.1, -0.05) is 12.1 Å². The number of carbonyl (C=O) groups excluding carboxylic acids is 1. The summed E-state index contributed by atoms with van der Waals surface area (Å²) in [6.07, 6.45) is 0.550. The summed E-state index contributed by atoms with van der Waals surface area (Å²) in [5.74, 6) is 0.410. The summed E-state index contributed by atoms with van der Waals surface area (Å²) >= 11 is 0. The molecule has 2 aromatic carbocycles. The lowest BCUT2D eigenvalue weighted by molar-refractivity contribution is 0.0920. The van der Waals surface area contributed by atoms with E-state index in [1.807, 2.05) is 18.0 Å². The van der Waals surface area contributed by atoms with Gasteiger partial charge in [-0.15, -0.1) is 0 Å². The zero-order chi connectivity index (χ0) is 25.6. The largest absolute Gasteiger partial charge is 0.495 e. The molecule has 0 bridgehead atoms. The van der Waals surface area contributed by atoms with Crippen LogP contribution in [0.25, 0.3) is 5.69 Å². The minimum atomic E-state index is -0.968. The number of rotatable bonds is 6. The van der Waals surface area contributed by atoms with Gasteiger partial charge < -0.3 is 24.1 Å². The fourth-order valence-corrected chi connectivity index (χ4v) is 4.88. The molecule has 2 aliphatic rings. The SMILES string of the molecule is COc1ccccc1-n1c(O)c(C(=O)C[C@@H]2c3c(cc4c(c3OC)OCO4)CCN2C)c(=O)[nH]c1=O. The van der Waals surface area contributed by atoms with Crippen molar-refractivity contribution in [2.75, 3.05) is 34.6 Å². The second-order valence-corrected chi connectivity index (χ2v) is 8.56. The molecule has 2 aliphatic heterocycles. The number of nitrogens with zero attached hydrogens (tertiary/aromatic N) is 2. The van der Waals surface area contributed by atoms with Gasteiger partial charge in [-0.05, 0) is 37.2 Å². The first-order chi connectivity index (χ1) is 17.3. The standard InChI is InChI=1S/C25H25N3O8/c1-27-9-8-13-10-18-21(36-12-35-18)22(34-3)19(13)15(27)11-16(29)20-23(30)26-25(32)28(24(20)31)14-6-4-5-7-17(14)33-2/h4-7,10,15,31H,8-9,11-12H2,1-3H3,(H,26,30,32)/t15-/m1/s1. The number of ether oxygens (including phenoxy) is 4. The number of hydrogen-bond donors (Lipinski definition) is 2. The molecule has 0 spiro atoms. The van der Waals surface area contributed by atoms with E-state index in [0.717, 1.165) is 15.7 Å². The van der Waals surface area contributed by atoms with E-state index in [4.69, 9.17) is 18.9 Å². The molecule has 0 fully saturated rings. The van der Waals surface area contributed by atoms with Crippen LogP contribution in [0.3, 0.4) is 0 Å². The molecule has 188 valence electrons. The highest BCUT2D eigenvalue weighted by atomic mass is 16.7. The van der Waals surface area contributed by atoms with Crippen molar-refractivity contribution in [1.29, 1.82) is 0 Å². The van der Waals surface area contributed by atoms with Gasteiger partial charge in [0.05, 0.1) is 19.9 Å². The number of methoxy groups -OCH3 is 2. The molecule has 3 heterocycles. The lowest BCUT2D eigenvalue weighted by atomic mass is 9.87. The Kier molecular flexibility index (Phi) is 5.92. The Morgan fingerprint density at radius 2 is 1.97 bits per heavy atom. The van der Waals surface area contributed by atoms with E-state index in [-0.39, 0.29) is 24.7 Å². The third-order valence-corrected chi connectivity index (χ3v) is 6.62. The number of aromatic nitrogens is 2. The highest BCUT2D eigenvalue weighted by molar-refractivity contribution is 5.98. The first-order valence-corrected chi connectivity index (χ1v) is 11.3. The van der Waals surface area contributed by atoms with Crippen LogP contribution in [0.4, 0.5) is 0 Å². The Morgan fingerprint density at radius 1 is 1.19 bits per heavy atom. The molecular weight excluding hydrogens is 470 g/mol. The number of H-pyrrole nitrogens is 1. The Bertz CT molecular complexity index is 1480. The number of hydrogen-bond acceptors (Lipinski definition) is 9. The fraction of sp³-hybridized carbons (Fsp3) is 0.320. The third kappa shape index (κ3) is 3.68.